The lowest BCUT2D eigenvalue weighted by Crippen LogP contribution is -2.21. The van der Waals surface area contributed by atoms with E-state index in [1.54, 1.807) is 0 Å². The maximum atomic E-state index is 11.8. The smallest absolute Gasteiger partial charge is 0.192 e. The fraction of sp³-hybridized carbons (Fsp3) is 0.533. The van der Waals surface area contributed by atoms with Crippen LogP contribution in [0.25, 0.3) is 0 Å². The fourth-order valence-electron chi connectivity index (χ4n) is 1.71. The number of rotatable bonds is 4. The summed E-state index contributed by atoms with van der Waals surface area (Å²) >= 11 is 1.30. The highest BCUT2D eigenvalue weighted by atomic mass is 32.2. The van der Waals surface area contributed by atoms with Crippen molar-refractivity contribution in [2.24, 2.45) is 0 Å². The largest absolute Gasteiger partial charge is 0.392 e. The molecule has 0 aliphatic heterocycles. The van der Waals surface area contributed by atoms with E-state index >= 15 is 0 Å². The van der Waals surface area contributed by atoms with Gasteiger partial charge in [0.25, 0.3) is 0 Å². The van der Waals surface area contributed by atoms with Crippen LogP contribution in [-0.2, 0) is 4.79 Å². The third-order valence-electron chi connectivity index (χ3n) is 2.70. The molecule has 1 aromatic rings. The quantitative estimate of drug-likeness (QED) is 0.904. The van der Waals surface area contributed by atoms with Crippen LogP contribution in [-0.4, -0.2) is 21.1 Å². The number of aliphatic hydroxyl groups excluding tert-OH is 1. The second-order valence-electron chi connectivity index (χ2n) is 5.56. The number of thioether (sulfide) groups is 1. The highest BCUT2D eigenvalue weighted by Gasteiger charge is 2.23. The SMILES string of the molecule is C[C@H](c1ccccc1)[C@H](O)CC(=O)SC(C)(C)C. The predicted molar refractivity (Wildman–Crippen MR) is 77.8 cm³/mol. The fourth-order valence-corrected chi connectivity index (χ4v) is 2.65. The molecule has 0 spiro atoms. The van der Waals surface area contributed by atoms with Crippen LogP contribution < -0.4 is 0 Å². The van der Waals surface area contributed by atoms with Crippen molar-refractivity contribution >= 4 is 16.9 Å². The number of benzene rings is 1. The van der Waals surface area contributed by atoms with Crippen molar-refractivity contribution in [2.75, 3.05) is 0 Å². The normalized spacial score (nSPS) is 15.2. The van der Waals surface area contributed by atoms with Gasteiger partial charge in [0.05, 0.1) is 6.10 Å². The second-order valence-corrected chi connectivity index (χ2v) is 7.44. The van der Waals surface area contributed by atoms with Gasteiger partial charge in [0.1, 0.15) is 0 Å². The zero-order valence-corrected chi connectivity index (χ0v) is 12.3. The third-order valence-corrected chi connectivity index (χ3v) is 3.71. The van der Waals surface area contributed by atoms with Gasteiger partial charge in [0.2, 0.25) is 0 Å². The number of hydrogen-bond donors (Lipinski definition) is 1. The van der Waals surface area contributed by atoms with Gasteiger partial charge in [-0.25, -0.2) is 0 Å². The van der Waals surface area contributed by atoms with E-state index in [1.807, 2.05) is 58.0 Å². The summed E-state index contributed by atoms with van der Waals surface area (Å²) in [6.07, 6.45) is -0.410. The van der Waals surface area contributed by atoms with Crippen molar-refractivity contribution in [3.05, 3.63) is 35.9 Å². The summed E-state index contributed by atoms with van der Waals surface area (Å²) in [6, 6.07) is 9.81. The maximum Gasteiger partial charge on any atom is 0.192 e. The van der Waals surface area contributed by atoms with Crippen LogP contribution in [0.15, 0.2) is 30.3 Å². The summed E-state index contributed by atoms with van der Waals surface area (Å²) in [5.74, 6) is -0.0179. The molecular formula is C15H22O2S. The molecule has 3 heteroatoms. The first kappa shape index (κ1) is 15.3. The zero-order chi connectivity index (χ0) is 13.8. The van der Waals surface area contributed by atoms with Crippen molar-refractivity contribution < 1.29 is 9.90 Å². The van der Waals surface area contributed by atoms with E-state index < -0.39 is 6.10 Å². The van der Waals surface area contributed by atoms with Crippen molar-refractivity contribution in [3.63, 3.8) is 0 Å². The topological polar surface area (TPSA) is 37.3 Å². The van der Waals surface area contributed by atoms with E-state index in [-0.39, 0.29) is 22.2 Å². The van der Waals surface area contributed by atoms with Crippen LogP contribution in [0.2, 0.25) is 0 Å². The molecule has 0 unspecified atom stereocenters. The number of carbonyl (C=O) groups is 1. The van der Waals surface area contributed by atoms with Gasteiger partial charge in [-0.05, 0) is 5.56 Å². The van der Waals surface area contributed by atoms with Crippen molar-refractivity contribution in [3.8, 4) is 0 Å². The molecule has 2 nitrogen and oxygen atoms in total. The molecule has 0 saturated heterocycles. The molecule has 0 fully saturated rings. The molecular weight excluding hydrogens is 244 g/mol. The molecule has 1 aromatic carbocycles. The minimum atomic E-state index is -0.616. The van der Waals surface area contributed by atoms with Crippen molar-refractivity contribution in [1.29, 1.82) is 0 Å². The van der Waals surface area contributed by atoms with Crippen LogP contribution in [0.1, 0.15) is 45.6 Å². The van der Waals surface area contributed by atoms with Crippen LogP contribution in [0.4, 0.5) is 0 Å². The summed E-state index contributed by atoms with van der Waals surface area (Å²) in [5.41, 5.74) is 1.07. The van der Waals surface area contributed by atoms with Crippen molar-refractivity contribution in [2.45, 2.75) is 50.9 Å². The summed E-state index contributed by atoms with van der Waals surface area (Å²) in [6.45, 7) is 7.96. The lowest BCUT2D eigenvalue weighted by Gasteiger charge is -2.21. The van der Waals surface area contributed by atoms with Crippen molar-refractivity contribution in [1.82, 2.24) is 0 Å². The van der Waals surface area contributed by atoms with E-state index in [0.717, 1.165) is 5.56 Å². The summed E-state index contributed by atoms with van der Waals surface area (Å²) < 4.78 is -0.0905. The third kappa shape index (κ3) is 5.23. The molecule has 0 amide bonds. The van der Waals surface area contributed by atoms with Gasteiger partial charge in [-0.15, -0.1) is 0 Å². The van der Waals surface area contributed by atoms with Gasteiger partial charge in [-0.3, -0.25) is 4.79 Å². The minimum Gasteiger partial charge on any atom is -0.392 e. The van der Waals surface area contributed by atoms with Gasteiger partial charge >= 0.3 is 0 Å². The molecule has 0 radical (unpaired) electrons. The number of aliphatic hydroxyl groups is 1. The van der Waals surface area contributed by atoms with E-state index in [0.29, 0.717) is 0 Å². The standard InChI is InChI=1S/C15H22O2S/c1-11(12-8-6-5-7-9-12)13(16)10-14(17)18-15(2,3)4/h5-9,11,13,16H,10H2,1-4H3/t11-,13-/m1/s1. The number of hydrogen-bond acceptors (Lipinski definition) is 3. The summed E-state index contributed by atoms with van der Waals surface area (Å²) in [4.78, 5) is 11.8. The Kier molecular flexibility index (Phi) is 5.42. The van der Waals surface area contributed by atoms with Crippen LogP contribution >= 0.6 is 11.8 Å². The van der Waals surface area contributed by atoms with Crippen LogP contribution in [0.3, 0.4) is 0 Å². The molecule has 18 heavy (non-hydrogen) atoms. The first-order chi connectivity index (χ1) is 8.29. The van der Waals surface area contributed by atoms with Gasteiger partial charge in [-0.1, -0.05) is 69.8 Å². The Balaban J connectivity index is 2.55. The lowest BCUT2D eigenvalue weighted by molar-refractivity contribution is -0.113. The maximum absolute atomic E-state index is 11.8. The molecule has 0 bridgehead atoms. The van der Waals surface area contributed by atoms with Gasteiger partial charge in [-0.2, -0.15) is 0 Å². The Hall–Kier alpha value is -0.800. The van der Waals surface area contributed by atoms with Gasteiger partial charge < -0.3 is 5.11 Å². The Bertz CT molecular complexity index is 381. The van der Waals surface area contributed by atoms with Crippen LogP contribution in [0, 0.1) is 0 Å². The second kappa shape index (κ2) is 6.39. The highest BCUT2D eigenvalue weighted by molar-refractivity contribution is 8.14. The first-order valence-electron chi connectivity index (χ1n) is 6.24. The van der Waals surface area contributed by atoms with Gasteiger partial charge in [0, 0.05) is 17.1 Å². The average molecular weight is 266 g/mol. The Labute approximate surface area is 114 Å². The lowest BCUT2D eigenvalue weighted by atomic mass is 9.94. The van der Waals surface area contributed by atoms with E-state index in [1.165, 1.54) is 11.8 Å². The van der Waals surface area contributed by atoms with E-state index in [4.69, 9.17) is 0 Å². The van der Waals surface area contributed by atoms with Gasteiger partial charge in [0.15, 0.2) is 5.12 Å². The first-order valence-corrected chi connectivity index (χ1v) is 7.06. The molecule has 0 saturated carbocycles. The highest BCUT2D eigenvalue weighted by Crippen LogP contribution is 2.28. The predicted octanol–water partition coefficient (Wildman–Crippen LogP) is 3.60. The summed E-state index contributed by atoms with van der Waals surface area (Å²) in [5, 5.41) is 10.2. The number of carbonyl (C=O) groups excluding carboxylic acids is 1. The molecule has 2 atom stereocenters. The molecule has 100 valence electrons. The Morgan fingerprint density at radius 1 is 1.28 bits per heavy atom. The monoisotopic (exact) mass is 266 g/mol. The zero-order valence-electron chi connectivity index (χ0n) is 11.5. The molecule has 0 aromatic heterocycles. The summed E-state index contributed by atoms with van der Waals surface area (Å²) in [7, 11) is 0. The Morgan fingerprint density at radius 3 is 2.33 bits per heavy atom. The molecule has 0 heterocycles. The molecule has 1 N–H and O–H groups in total. The van der Waals surface area contributed by atoms with E-state index in [9.17, 15) is 9.90 Å². The molecule has 0 aliphatic rings. The molecule has 0 aliphatic carbocycles. The Morgan fingerprint density at radius 2 is 1.83 bits per heavy atom. The molecule has 1 rings (SSSR count). The average Bonchev–Trinajstić information content (AvgIpc) is 2.26. The van der Waals surface area contributed by atoms with Crippen LogP contribution in [0.5, 0.6) is 0 Å². The van der Waals surface area contributed by atoms with E-state index in [2.05, 4.69) is 0 Å². The minimum absolute atomic E-state index is 0.0179.